The van der Waals surface area contributed by atoms with Crippen LogP contribution in [-0.2, 0) is 6.54 Å². The topological polar surface area (TPSA) is 24.1 Å². The first-order valence-corrected chi connectivity index (χ1v) is 6.67. The summed E-state index contributed by atoms with van der Waals surface area (Å²) < 4.78 is 1.97. The molecule has 0 spiro atoms. The summed E-state index contributed by atoms with van der Waals surface area (Å²) >= 11 is 7.59. The summed E-state index contributed by atoms with van der Waals surface area (Å²) in [5.41, 5.74) is 0. The Morgan fingerprint density at radius 1 is 1.18 bits per heavy atom. The van der Waals surface area contributed by atoms with Gasteiger partial charge in [0.1, 0.15) is 0 Å². The molecule has 1 N–H and O–H groups in total. The molecule has 0 aliphatic carbocycles. The zero-order chi connectivity index (χ0) is 12.1. The molecule has 1 heterocycles. The lowest BCUT2D eigenvalue weighted by Gasteiger charge is -2.00. The Morgan fingerprint density at radius 3 is 2.65 bits per heavy atom. The second kappa shape index (κ2) is 5.94. The van der Waals surface area contributed by atoms with E-state index in [1.165, 1.54) is 4.90 Å². The molecule has 1 aromatic carbocycles. The second-order valence-corrected chi connectivity index (χ2v) is 5.21. The lowest BCUT2D eigenvalue weighted by atomic mass is 10.4. The lowest BCUT2D eigenvalue weighted by Crippen LogP contribution is -2.33. The van der Waals surface area contributed by atoms with Crippen LogP contribution in [0, 0.1) is 0 Å². The number of aromatic nitrogens is 1. The van der Waals surface area contributed by atoms with Crippen molar-refractivity contribution in [2.45, 2.75) is 11.4 Å². The molecular weight excluding hydrogens is 254 g/mol. The third-order valence-electron chi connectivity index (χ3n) is 2.27. The molecule has 2 rings (SSSR count). The number of aromatic hydroxyl groups is 1. The minimum absolute atomic E-state index is 0.295. The van der Waals surface area contributed by atoms with E-state index in [1.807, 2.05) is 41.1 Å². The standard InChI is InChI=1S/C13H12ClNOS/c14-11-3-5-13(6-4-11)17-9-8-15-7-1-2-12(16)10-15/h1-7,10H,8-9H2/p+1. The monoisotopic (exact) mass is 266 g/mol. The molecule has 0 atom stereocenters. The van der Waals surface area contributed by atoms with E-state index in [2.05, 4.69) is 0 Å². The molecule has 88 valence electrons. The Bertz CT molecular complexity index is 487. The number of benzene rings is 1. The maximum absolute atomic E-state index is 9.32. The van der Waals surface area contributed by atoms with Gasteiger partial charge in [-0.25, -0.2) is 4.57 Å². The largest absolute Gasteiger partial charge is 0.503 e. The minimum atomic E-state index is 0.295. The summed E-state index contributed by atoms with van der Waals surface area (Å²) in [4.78, 5) is 1.20. The highest BCUT2D eigenvalue weighted by Crippen LogP contribution is 2.19. The quantitative estimate of drug-likeness (QED) is 0.679. The minimum Gasteiger partial charge on any atom is -0.503 e. The number of thioether (sulfide) groups is 1. The van der Waals surface area contributed by atoms with Crippen LogP contribution in [0.1, 0.15) is 0 Å². The number of aryl methyl sites for hydroxylation is 1. The van der Waals surface area contributed by atoms with Crippen molar-refractivity contribution >= 4 is 23.4 Å². The third-order valence-corrected chi connectivity index (χ3v) is 3.52. The summed E-state index contributed by atoms with van der Waals surface area (Å²) in [7, 11) is 0. The van der Waals surface area contributed by atoms with E-state index < -0.39 is 0 Å². The summed E-state index contributed by atoms with van der Waals surface area (Å²) in [6.45, 7) is 0.863. The van der Waals surface area contributed by atoms with Gasteiger partial charge in [-0.2, -0.15) is 0 Å². The van der Waals surface area contributed by atoms with Gasteiger partial charge in [-0.3, -0.25) is 0 Å². The third kappa shape index (κ3) is 3.95. The molecule has 0 unspecified atom stereocenters. The van der Waals surface area contributed by atoms with Crippen LogP contribution < -0.4 is 4.57 Å². The molecule has 0 radical (unpaired) electrons. The Labute approximate surface area is 110 Å². The number of nitrogens with zero attached hydrogens (tertiary/aromatic N) is 1. The molecule has 0 bridgehead atoms. The fourth-order valence-corrected chi connectivity index (χ4v) is 2.44. The first kappa shape index (κ1) is 12.3. The Morgan fingerprint density at radius 2 is 1.94 bits per heavy atom. The molecule has 0 aliphatic rings. The predicted octanol–water partition coefficient (Wildman–Crippen LogP) is 3.13. The summed E-state index contributed by atoms with van der Waals surface area (Å²) in [5.74, 6) is 1.25. The molecule has 0 aliphatic heterocycles. The fraction of sp³-hybridized carbons (Fsp3) is 0.154. The van der Waals surface area contributed by atoms with Gasteiger partial charge < -0.3 is 5.11 Å². The highest BCUT2D eigenvalue weighted by Gasteiger charge is 2.02. The van der Waals surface area contributed by atoms with Crippen LogP contribution in [0.2, 0.25) is 5.02 Å². The first-order valence-electron chi connectivity index (χ1n) is 5.30. The zero-order valence-electron chi connectivity index (χ0n) is 9.21. The summed E-state index contributed by atoms with van der Waals surface area (Å²) in [6.07, 6.45) is 3.67. The van der Waals surface area contributed by atoms with Gasteiger partial charge in [0, 0.05) is 16.0 Å². The Hall–Kier alpha value is -1.19. The van der Waals surface area contributed by atoms with Gasteiger partial charge in [0.05, 0.1) is 5.75 Å². The van der Waals surface area contributed by atoms with Crippen LogP contribution >= 0.6 is 23.4 Å². The van der Waals surface area contributed by atoms with Gasteiger partial charge in [0.25, 0.3) is 0 Å². The maximum Gasteiger partial charge on any atom is 0.210 e. The van der Waals surface area contributed by atoms with E-state index in [4.69, 9.17) is 11.6 Å². The maximum atomic E-state index is 9.32. The molecule has 0 saturated carbocycles. The van der Waals surface area contributed by atoms with Crippen molar-refractivity contribution in [1.29, 1.82) is 0 Å². The summed E-state index contributed by atoms with van der Waals surface area (Å²) in [5, 5.41) is 10.1. The van der Waals surface area contributed by atoms with Crippen molar-refractivity contribution in [2.75, 3.05) is 5.75 Å². The molecule has 0 amide bonds. The van der Waals surface area contributed by atoms with Crippen LogP contribution in [-0.4, -0.2) is 10.9 Å². The van der Waals surface area contributed by atoms with Gasteiger partial charge in [0.2, 0.25) is 6.20 Å². The van der Waals surface area contributed by atoms with E-state index in [9.17, 15) is 5.11 Å². The van der Waals surface area contributed by atoms with Crippen LogP contribution in [0.5, 0.6) is 5.75 Å². The summed E-state index contributed by atoms with van der Waals surface area (Å²) in [6, 6.07) is 11.3. The SMILES string of the molecule is Oc1ccc[n+](CCSc2ccc(Cl)cc2)c1. The molecule has 2 aromatic rings. The zero-order valence-corrected chi connectivity index (χ0v) is 10.8. The fourth-order valence-electron chi connectivity index (χ4n) is 1.45. The van der Waals surface area contributed by atoms with Crippen molar-refractivity contribution in [3.8, 4) is 5.75 Å². The number of hydrogen-bond donors (Lipinski definition) is 1. The van der Waals surface area contributed by atoms with Gasteiger partial charge >= 0.3 is 0 Å². The molecule has 0 fully saturated rings. The number of hydrogen-bond acceptors (Lipinski definition) is 2. The van der Waals surface area contributed by atoms with Crippen molar-refractivity contribution in [3.63, 3.8) is 0 Å². The first-order chi connectivity index (χ1) is 8.24. The Kier molecular flexibility index (Phi) is 4.29. The van der Waals surface area contributed by atoms with Crippen molar-refractivity contribution < 1.29 is 9.67 Å². The molecule has 1 aromatic heterocycles. The van der Waals surface area contributed by atoms with E-state index in [1.54, 1.807) is 24.0 Å². The van der Waals surface area contributed by atoms with Gasteiger partial charge in [-0.05, 0) is 30.3 Å². The number of halogens is 1. The van der Waals surface area contributed by atoms with E-state index in [0.717, 1.165) is 17.3 Å². The number of rotatable bonds is 4. The second-order valence-electron chi connectivity index (χ2n) is 3.60. The highest BCUT2D eigenvalue weighted by molar-refractivity contribution is 7.99. The number of pyridine rings is 1. The van der Waals surface area contributed by atoms with Crippen LogP contribution in [0.25, 0.3) is 0 Å². The predicted molar refractivity (Wildman–Crippen MR) is 70.5 cm³/mol. The normalized spacial score (nSPS) is 10.4. The average Bonchev–Trinajstić information content (AvgIpc) is 2.32. The lowest BCUT2D eigenvalue weighted by molar-refractivity contribution is -0.692. The van der Waals surface area contributed by atoms with Gasteiger partial charge in [0.15, 0.2) is 18.5 Å². The Balaban J connectivity index is 1.85. The van der Waals surface area contributed by atoms with E-state index >= 15 is 0 Å². The average molecular weight is 267 g/mol. The van der Waals surface area contributed by atoms with Crippen LogP contribution in [0.15, 0.2) is 53.7 Å². The van der Waals surface area contributed by atoms with E-state index in [-0.39, 0.29) is 0 Å². The van der Waals surface area contributed by atoms with Crippen LogP contribution in [0.4, 0.5) is 0 Å². The van der Waals surface area contributed by atoms with Gasteiger partial charge in [-0.1, -0.05) is 11.6 Å². The molecule has 4 heteroatoms. The molecular formula is C13H13ClNOS+. The molecule has 0 saturated heterocycles. The van der Waals surface area contributed by atoms with Gasteiger partial charge in [-0.15, -0.1) is 11.8 Å². The highest BCUT2D eigenvalue weighted by atomic mass is 35.5. The van der Waals surface area contributed by atoms with Crippen LogP contribution in [0.3, 0.4) is 0 Å². The molecule has 17 heavy (non-hydrogen) atoms. The van der Waals surface area contributed by atoms with E-state index in [0.29, 0.717) is 5.75 Å². The van der Waals surface area contributed by atoms with Crippen molar-refractivity contribution in [3.05, 3.63) is 53.8 Å². The molecule has 2 nitrogen and oxygen atoms in total. The van der Waals surface area contributed by atoms with Crippen molar-refractivity contribution in [2.24, 2.45) is 0 Å². The van der Waals surface area contributed by atoms with Crippen molar-refractivity contribution in [1.82, 2.24) is 0 Å². The smallest absolute Gasteiger partial charge is 0.210 e.